The molecule has 4 nitrogen and oxygen atoms in total. The molecule has 156 valence electrons. The maximum Gasteiger partial charge on any atom is 0.271 e. The number of ether oxygens (including phenoxy) is 1. The molecule has 0 fully saturated rings. The van der Waals surface area contributed by atoms with E-state index in [4.69, 9.17) is 16.3 Å². The molecule has 0 bridgehead atoms. The molecule has 4 rings (SSSR count). The van der Waals surface area contributed by atoms with Crippen molar-refractivity contribution >= 4 is 28.8 Å². The summed E-state index contributed by atoms with van der Waals surface area (Å²) >= 11 is 7.67. The first-order valence-electron chi connectivity index (χ1n) is 9.89. The van der Waals surface area contributed by atoms with E-state index in [0.29, 0.717) is 30.3 Å². The number of hydrogen-bond acceptors (Lipinski definition) is 4. The summed E-state index contributed by atoms with van der Waals surface area (Å²) in [5.74, 6) is 0.580. The normalized spacial score (nSPS) is 10.6. The predicted octanol–water partition coefficient (Wildman–Crippen LogP) is 5.90. The summed E-state index contributed by atoms with van der Waals surface area (Å²) in [5, 5.41) is 6.16. The third-order valence-corrected chi connectivity index (χ3v) is 5.77. The largest absolute Gasteiger partial charge is 0.489 e. The number of nitrogens with one attached hydrogen (secondary N) is 1. The number of hydrogen-bond donors (Lipinski definition) is 1. The molecule has 0 aliphatic heterocycles. The highest BCUT2D eigenvalue weighted by molar-refractivity contribution is 7.09. The van der Waals surface area contributed by atoms with Gasteiger partial charge >= 0.3 is 0 Å². The number of benzene rings is 3. The molecule has 1 aromatic heterocycles. The van der Waals surface area contributed by atoms with Gasteiger partial charge in [-0.3, -0.25) is 4.79 Å². The molecule has 0 saturated heterocycles. The van der Waals surface area contributed by atoms with Gasteiger partial charge in [0, 0.05) is 28.9 Å². The summed E-state index contributed by atoms with van der Waals surface area (Å²) in [4.78, 5) is 17.0. The van der Waals surface area contributed by atoms with Crippen LogP contribution in [0.1, 0.15) is 32.2 Å². The van der Waals surface area contributed by atoms with Crippen LogP contribution in [0.15, 0.2) is 84.2 Å². The van der Waals surface area contributed by atoms with Crippen molar-refractivity contribution in [1.82, 2.24) is 10.3 Å². The van der Waals surface area contributed by atoms with E-state index in [1.807, 2.05) is 78.9 Å². The second kappa shape index (κ2) is 10.2. The second-order valence-corrected chi connectivity index (χ2v) is 8.38. The SMILES string of the molecule is O=C(NCc1ccccc1)c1csc(Cc2cc(Cl)ccc2OCc2ccccc2)n1. The van der Waals surface area contributed by atoms with Crippen molar-refractivity contribution in [1.29, 1.82) is 0 Å². The van der Waals surface area contributed by atoms with Crippen molar-refractivity contribution in [3.63, 3.8) is 0 Å². The maximum atomic E-state index is 12.5. The van der Waals surface area contributed by atoms with E-state index in [0.717, 1.165) is 27.4 Å². The number of nitrogens with zero attached hydrogens (tertiary/aromatic N) is 1. The molecule has 0 atom stereocenters. The Hall–Kier alpha value is -3.15. The Kier molecular flexibility index (Phi) is 6.97. The van der Waals surface area contributed by atoms with Gasteiger partial charge in [-0.15, -0.1) is 11.3 Å². The third-order valence-electron chi connectivity index (χ3n) is 4.68. The van der Waals surface area contributed by atoms with Gasteiger partial charge in [0.15, 0.2) is 0 Å². The predicted molar refractivity (Wildman–Crippen MR) is 125 cm³/mol. The summed E-state index contributed by atoms with van der Waals surface area (Å²) < 4.78 is 6.03. The molecule has 0 aliphatic carbocycles. The van der Waals surface area contributed by atoms with Crippen LogP contribution in [0.3, 0.4) is 0 Å². The fourth-order valence-electron chi connectivity index (χ4n) is 3.09. The molecular weight excluding hydrogens is 428 g/mol. The van der Waals surface area contributed by atoms with E-state index in [2.05, 4.69) is 10.3 Å². The van der Waals surface area contributed by atoms with Gasteiger partial charge in [0.25, 0.3) is 5.91 Å². The summed E-state index contributed by atoms with van der Waals surface area (Å²) in [5.41, 5.74) is 3.50. The number of thiazole rings is 1. The Balaban J connectivity index is 1.41. The lowest BCUT2D eigenvalue weighted by atomic mass is 10.1. The van der Waals surface area contributed by atoms with Crippen LogP contribution in [0, 0.1) is 0 Å². The Morgan fingerprint density at radius 2 is 1.68 bits per heavy atom. The van der Waals surface area contributed by atoms with Crippen LogP contribution in [0.25, 0.3) is 0 Å². The number of aromatic nitrogens is 1. The van der Waals surface area contributed by atoms with Crippen LogP contribution in [-0.2, 0) is 19.6 Å². The molecule has 0 radical (unpaired) electrons. The molecule has 31 heavy (non-hydrogen) atoms. The molecular formula is C25H21ClN2O2S. The lowest BCUT2D eigenvalue weighted by Gasteiger charge is -2.11. The molecule has 4 aromatic rings. The molecule has 0 aliphatic rings. The van der Waals surface area contributed by atoms with Gasteiger partial charge in [0.1, 0.15) is 18.1 Å². The van der Waals surface area contributed by atoms with Gasteiger partial charge in [-0.2, -0.15) is 0 Å². The van der Waals surface area contributed by atoms with Gasteiger partial charge in [-0.05, 0) is 29.3 Å². The zero-order valence-corrected chi connectivity index (χ0v) is 18.3. The molecule has 6 heteroatoms. The second-order valence-electron chi connectivity index (χ2n) is 7.00. The van der Waals surface area contributed by atoms with E-state index in [1.54, 1.807) is 5.38 Å². The van der Waals surface area contributed by atoms with E-state index in [-0.39, 0.29) is 5.91 Å². The first-order chi connectivity index (χ1) is 15.2. The Morgan fingerprint density at radius 3 is 2.42 bits per heavy atom. The van der Waals surface area contributed by atoms with Crippen LogP contribution < -0.4 is 10.1 Å². The van der Waals surface area contributed by atoms with Crippen molar-refractivity contribution < 1.29 is 9.53 Å². The van der Waals surface area contributed by atoms with Crippen LogP contribution in [0.2, 0.25) is 5.02 Å². The van der Waals surface area contributed by atoms with Gasteiger partial charge in [0.05, 0.1) is 5.01 Å². The number of amides is 1. The minimum atomic E-state index is -0.182. The fourth-order valence-corrected chi connectivity index (χ4v) is 4.08. The monoisotopic (exact) mass is 448 g/mol. The highest BCUT2D eigenvalue weighted by Gasteiger charge is 2.13. The maximum absolute atomic E-state index is 12.5. The van der Waals surface area contributed by atoms with Crippen molar-refractivity contribution in [3.8, 4) is 5.75 Å². The van der Waals surface area contributed by atoms with Crippen molar-refractivity contribution in [2.45, 2.75) is 19.6 Å². The summed E-state index contributed by atoms with van der Waals surface area (Å²) in [7, 11) is 0. The molecule has 1 amide bonds. The molecule has 0 spiro atoms. The van der Waals surface area contributed by atoms with Crippen LogP contribution in [0.4, 0.5) is 0 Å². The summed E-state index contributed by atoms with van der Waals surface area (Å²) in [6.45, 7) is 0.943. The lowest BCUT2D eigenvalue weighted by molar-refractivity contribution is 0.0946. The Morgan fingerprint density at radius 1 is 0.968 bits per heavy atom. The zero-order valence-electron chi connectivity index (χ0n) is 16.8. The number of carbonyl (C=O) groups excluding carboxylic acids is 1. The summed E-state index contributed by atoms with van der Waals surface area (Å²) in [6.07, 6.45) is 0.543. The first-order valence-corrected chi connectivity index (χ1v) is 11.1. The molecule has 0 saturated carbocycles. The van der Waals surface area contributed by atoms with E-state index < -0.39 is 0 Å². The van der Waals surface area contributed by atoms with Gasteiger partial charge in [0.2, 0.25) is 0 Å². The van der Waals surface area contributed by atoms with Gasteiger partial charge in [-0.1, -0.05) is 72.3 Å². The van der Waals surface area contributed by atoms with Gasteiger partial charge in [-0.25, -0.2) is 4.98 Å². The quantitative estimate of drug-likeness (QED) is 0.365. The van der Waals surface area contributed by atoms with Gasteiger partial charge < -0.3 is 10.1 Å². The summed E-state index contributed by atoms with van der Waals surface area (Å²) in [6, 6.07) is 25.4. The zero-order chi connectivity index (χ0) is 21.5. The Labute approximate surface area is 190 Å². The smallest absolute Gasteiger partial charge is 0.271 e. The van der Waals surface area contributed by atoms with Crippen LogP contribution in [0.5, 0.6) is 5.75 Å². The number of halogens is 1. The fraction of sp³-hybridized carbons (Fsp3) is 0.120. The standard InChI is InChI=1S/C25H21ClN2O2S/c26-21-11-12-23(30-16-19-9-5-2-6-10-19)20(13-21)14-24-28-22(17-31-24)25(29)27-15-18-7-3-1-4-8-18/h1-13,17H,14-16H2,(H,27,29). The van der Waals surface area contributed by atoms with Crippen molar-refractivity contribution in [2.24, 2.45) is 0 Å². The van der Waals surface area contributed by atoms with E-state index in [1.165, 1.54) is 11.3 Å². The average Bonchev–Trinajstić information content (AvgIpc) is 3.27. The number of rotatable bonds is 8. The minimum absolute atomic E-state index is 0.182. The van der Waals surface area contributed by atoms with E-state index in [9.17, 15) is 4.79 Å². The molecule has 0 unspecified atom stereocenters. The Bertz CT molecular complexity index is 1150. The highest BCUT2D eigenvalue weighted by Crippen LogP contribution is 2.27. The van der Waals surface area contributed by atoms with Crippen LogP contribution >= 0.6 is 22.9 Å². The third kappa shape index (κ3) is 5.94. The lowest BCUT2D eigenvalue weighted by Crippen LogP contribution is -2.23. The molecule has 3 aromatic carbocycles. The average molecular weight is 449 g/mol. The molecule has 1 N–H and O–H groups in total. The molecule has 1 heterocycles. The van der Waals surface area contributed by atoms with Crippen LogP contribution in [-0.4, -0.2) is 10.9 Å². The highest BCUT2D eigenvalue weighted by atomic mass is 35.5. The first kappa shape index (κ1) is 21.1. The minimum Gasteiger partial charge on any atom is -0.489 e. The number of carbonyl (C=O) groups is 1. The van der Waals surface area contributed by atoms with E-state index >= 15 is 0 Å². The topological polar surface area (TPSA) is 51.2 Å². The van der Waals surface area contributed by atoms with Crippen molar-refractivity contribution in [3.05, 3.63) is 117 Å². The van der Waals surface area contributed by atoms with Crippen molar-refractivity contribution in [2.75, 3.05) is 0 Å².